The summed E-state index contributed by atoms with van der Waals surface area (Å²) in [5.41, 5.74) is 0. The van der Waals surface area contributed by atoms with Gasteiger partial charge in [-0.05, 0) is 32.4 Å². The lowest BCUT2D eigenvalue weighted by Gasteiger charge is -2.25. The van der Waals surface area contributed by atoms with Crippen LogP contribution in [0.4, 0.5) is 0 Å². The Morgan fingerprint density at radius 2 is 0.951 bits per heavy atom. The minimum Gasteiger partial charge on any atom is -0.465 e. The van der Waals surface area contributed by atoms with Crippen LogP contribution < -0.4 is 5.32 Å². The van der Waals surface area contributed by atoms with Gasteiger partial charge in [-0.15, -0.1) is 0 Å². The zero-order valence-electron chi connectivity index (χ0n) is 28.2. The fourth-order valence-corrected chi connectivity index (χ4v) is 5.59. The van der Waals surface area contributed by atoms with Gasteiger partial charge in [0, 0.05) is 13.1 Å². The first-order valence-corrected chi connectivity index (χ1v) is 18.4. The fraction of sp³-hybridized carbons (Fsp3) is 0.972. The van der Waals surface area contributed by atoms with Crippen molar-refractivity contribution in [2.45, 2.75) is 187 Å². The van der Waals surface area contributed by atoms with Crippen LogP contribution in [0.2, 0.25) is 0 Å². The molecule has 5 nitrogen and oxygen atoms in total. The first kappa shape index (κ1) is 40.4. The van der Waals surface area contributed by atoms with Gasteiger partial charge in [-0.2, -0.15) is 0 Å². The second-order valence-corrected chi connectivity index (χ2v) is 12.6. The number of carbonyl (C=O) groups excluding carboxylic acids is 1. The number of hydrogen-bond donors (Lipinski definition) is 2. The molecule has 0 aromatic carbocycles. The van der Waals surface area contributed by atoms with Crippen LogP contribution in [0.25, 0.3) is 0 Å². The molecule has 0 aromatic heterocycles. The third kappa shape index (κ3) is 32.1. The van der Waals surface area contributed by atoms with Crippen LogP contribution in [0, 0.1) is 0 Å². The molecule has 0 saturated heterocycles. The van der Waals surface area contributed by atoms with Gasteiger partial charge in [0.2, 0.25) is 0 Å². The molecule has 1 unspecified atom stereocenters. The number of rotatable bonds is 34. The number of nitrogens with zero attached hydrogens (tertiary/aromatic N) is 1. The lowest BCUT2D eigenvalue weighted by atomic mass is 10.1. The third-order valence-corrected chi connectivity index (χ3v) is 8.28. The molecule has 0 radical (unpaired) electrons. The molecule has 1 atom stereocenters. The summed E-state index contributed by atoms with van der Waals surface area (Å²) in [6, 6.07) is 0. The number of esters is 1. The molecule has 0 saturated carbocycles. The minimum atomic E-state index is -0.455. The van der Waals surface area contributed by atoms with Crippen LogP contribution in [-0.2, 0) is 9.53 Å². The Balaban J connectivity index is 3.81. The molecule has 0 fully saturated rings. The van der Waals surface area contributed by atoms with Gasteiger partial charge in [-0.25, -0.2) is 0 Å². The summed E-state index contributed by atoms with van der Waals surface area (Å²) < 4.78 is 5.38. The van der Waals surface area contributed by atoms with Crippen LogP contribution in [0.3, 0.4) is 0 Å². The van der Waals surface area contributed by atoms with E-state index >= 15 is 0 Å². The van der Waals surface area contributed by atoms with Gasteiger partial charge < -0.3 is 20.1 Å². The minimum absolute atomic E-state index is 0.184. The number of ether oxygens (including phenoxy) is 1. The van der Waals surface area contributed by atoms with Crippen molar-refractivity contribution in [2.24, 2.45) is 0 Å². The molecule has 0 aliphatic rings. The zero-order chi connectivity index (χ0) is 30.1. The molecule has 0 aliphatic carbocycles. The van der Waals surface area contributed by atoms with Gasteiger partial charge in [0.1, 0.15) is 0 Å². The van der Waals surface area contributed by atoms with E-state index in [1.807, 2.05) is 0 Å². The van der Waals surface area contributed by atoms with E-state index < -0.39 is 6.10 Å². The molecule has 2 N–H and O–H groups in total. The standard InChI is InChI=1S/C36H74N2O3/c1-4-7-10-12-14-16-18-19-20-22-24-27-30-38(29-26-9-6-3)34-35(39)32-37-33-36(40)41-31-28-25-23-21-17-15-13-11-8-5-2/h35,37,39H,4-34H2,1-3H3. The number of hydrogen-bond acceptors (Lipinski definition) is 5. The summed E-state index contributed by atoms with van der Waals surface area (Å²) in [6.07, 6.45) is 32.4. The molecule has 0 rings (SSSR count). The maximum atomic E-state index is 12.0. The molecule has 0 aromatic rings. The third-order valence-electron chi connectivity index (χ3n) is 8.28. The van der Waals surface area contributed by atoms with E-state index in [0.29, 0.717) is 19.7 Å². The summed E-state index contributed by atoms with van der Waals surface area (Å²) in [7, 11) is 0. The van der Waals surface area contributed by atoms with E-state index in [2.05, 4.69) is 31.0 Å². The molecule has 246 valence electrons. The monoisotopic (exact) mass is 583 g/mol. The normalized spacial score (nSPS) is 12.3. The molecule has 0 aliphatic heterocycles. The lowest BCUT2D eigenvalue weighted by molar-refractivity contribution is -0.142. The second-order valence-electron chi connectivity index (χ2n) is 12.6. The van der Waals surface area contributed by atoms with E-state index in [9.17, 15) is 9.90 Å². The van der Waals surface area contributed by atoms with Gasteiger partial charge in [-0.3, -0.25) is 4.79 Å². The number of aliphatic hydroxyl groups excluding tert-OH is 1. The van der Waals surface area contributed by atoms with Gasteiger partial charge in [0.15, 0.2) is 0 Å². The summed E-state index contributed by atoms with van der Waals surface area (Å²) in [5.74, 6) is -0.204. The second kappa shape index (κ2) is 33.8. The average Bonchev–Trinajstić information content (AvgIpc) is 2.96. The highest BCUT2D eigenvalue weighted by molar-refractivity contribution is 5.71. The van der Waals surface area contributed by atoms with Gasteiger partial charge in [-0.1, -0.05) is 162 Å². The van der Waals surface area contributed by atoms with Gasteiger partial charge in [0.05, 0.1) is 19.3 Å². The number of aliphatic hydroxyl groups is 1. The Morgan fingerprint density at radius 1 is 0.585 bits per heavy atom. The van der Waals surface area contributed by atoms with Crippen molar-refractivity contribution in [1.82, 2.24) is 10.2 Å². The average molecular weight is 583 g/mol. The van der Waals surface area contributed by atoms with Crippen LogP contribution in [0.5, 0.6) is 0 Å². The van der Waals surface area contributed by atoms with E-state index in [0.717, 1.165) is 25.9 Å². The lowest BCUT2D eigenvalue weighted by Crippen LogP contribution is -2.40. The van der Waals surface area contributed by atoms with Gasteiger partial charge >= 0.3 is 5.97 Å². The predicted molar refractivity (Wildman–Crippen MR) is 179 cm³/mol. The SMILES string of the molecule is CCCCCCCCCCCCCCN(CCCCC)CC(O)CNCC(=O)OCCCCCCCCCCCC. The maximum absolute atomic E-state index is 12.0. The van der Waals surface area contributed by atoms with E-state index in [4.69, 9.17) is 4.74 Å². The molecule has 0 heterocycles. The molecular weight excluding hydrogens is 508 g/mol. The van der Waals surface area contributed by atoms with E-state index in [1.165, 1.54) is 148 Å². The molecule has 0 bridgehead atoms. The molecule has 0 spiro atoms. The number of carbonyl (C=O) groups is 1. The van der Waals surface area contributed by atoms with Crippen LogP contribution >= 0.6 is 0 Å². The fourth-order valence-electron chi connectivity index (χ4n) is 5.59. The molecular formula is C36H74N2O3. The number of nitrogens with one attached hydrogen (secondary N) is 1. The number of unbranched alkanes of at least 4 members (excludes halogenated alkanes) is 22. The smallest absolute Gasteiger partial charge is 0.319 e. The van der Waals surface area contributed by atoms with Crippen molar-refractivity contribution in [3.63, 3.8) is 0 Å². The van der Waals surface area contributed by atoms with Crippen LogP contribution in [0.15, 0.2) is 0 Å². The summed E-state index contributed by atoms with van der Waals surface area (Å²) >= 11 is 0. The van der Waals surface area contributed by atoms with E-state index in [1.54, 1.807) is 0 Å². The Bertz CT molecular complexity index is 517. The highest BCUT2D eigenvalue weighted by atomic mass is 16.5. The van der Waals surface area contributed by atoms with Crippen molar-refractivity contribution >= 4 is 5.97 Å². The summed E-state index contributed by atoms with van der Waals surface area (Å²) in [6.45, 7) is 10.7. The quantitative estimate of drug-likeness (QED) is 0.0584. The highest BCUT2D eigenvalue weighted by Gasteiger charge is 2.12. The largest absolute Gasteiger partial charge is 0.465 e. The highest BCUT2D eigenvalue weighted by Crippen LogP contribution is 2.13. The Hall–Kier alpha value is -0.650. The molecule has 5 heteroatoms. The van der Waals surface area contributed by atoms with Crippen molar-refractivity contribution < 1.29 is 14.6 Å². The predicted octanol–water partition coefficient (Wildman–Crippen LogP) is 9.59. The van der Waals surface area contributed by atoms with Crippen molar-refractivity contribution in [3.8, 4) is 0 Å². The maximum Gasteiger partial charge on any atom is 0.319 e. The topological polar surface area (TPSA) is 61.8 Å². The first-order chi connectivity index (χ1) is 20.1. The van der Waals surface area contributed by atoms with Crippen molar-refractivity contribution in [1.29, 1.82) is 0 Å². The van der Waals surface area contributed by atoms with Crippen molar-refractivity contribution in [2.75, 3.05) is 39.3 Å². The van der Waals surface area contributed by atoms with E-state index in [-0.39, 0.29) is 12.5 Å². The summed E-state index contributed by atoms with van der Waals surface area (Å²) in [4.78, 5) is 14.5. The Labute approximate surface area is 257 Å². The molecule has 41 heavy (non-hydrogen) atoms. The summed E-state index contributed by atoms with van der Waals surface area (Å²) in [5, 5.41) is 13.7. The Kier molecular flexibility index (Phi) is 33.3. The first-order valence-electron chi connectivity index (χ1n) is 18.4. The van der Waals surface area contributed by atoms with Crippen LogP contribution in [-0.4, -0.2) is 61.4 Å². The van der Waals surface area contributed by atoms with Crippen molar-refractivity contribution in [3.05, 3.63) is 0 Å². The Morgan fingerprint density at radius 3 is 1.41 bits per heavy atom. The van der Waals surface area contributed by atoms with Crippen LogP contribution in [0.1, 0.15) is 181 Å². The molecule has 0 amide bonds. The van der Waals surface area contributed by atoms with Gasteiger partial charge in [0.25, 0.3) is 0 Å². The zero-order valence-corrected chi connectivity index (χ0v) is 28.2.